The standard InChI is InChI=1S/C24H24ClN3O3/c25-18-8-4-7-17(13-18)24(15-26)11-9-19(10-12-24)28-22(29)20(23(30)31)14-21(27-28)16-5-2-1-3-6-16/h1-8,13-14,19H,9-12,15,26H2,(H,30,31)/t19-,24-. The van der Waals surface area contributed by atoms with Crippen molar-refractivity contribution >= 4 is 17.6 Å². The van der Waals surface area contributed by atoms with Crippen LogP contribution in [-0.2, 0) is 5.41 Å². The second-order valence-corrected chi connectivity index (χ2v) is 8.53. The first-order valence-electron chi connectivity index (χ1n) is 10.3. The summed E-state index contributed by atoms with van der Waals surface area (Å²) in [7, 11) is 0. The molecule has 160 valence electrons. The van der Waals surface area contributed by atoms with Gasteiger partial charge in [-0.05, 0) is 49.4 Å². The van der Waals surface area contributed by atoms with Crippen LogP contribution in [0.2, 0.25) is 5.02 Å². The zero-order valence-corrected chi connectivity index (χ0v) is 17.8. The van der Waals surface area contributed by atoms with Crippen LogP contribution in [0.1, 0.15) is 47.6 Å². The van der Waals surface area contributed by atoms with E-state index >= 15 is 0 Å². The second-order valence-electron chi connectivity index (χ2n) is 8.09. The van der Waals surface area contributed by atoms with Crippen molar-refractivity contribution in [2.75, 3.05) is 6.54 Å². The number of aromatic nitrogens is 2. The Morgan fingerprint density at radius 2 is 1.84 bits per heavy atom. The predicted octanol–water partition coefficient (Wildman–Crippen LogP) is 4.27. The van der Waals surface area contributed by atoms with Crippen LogP contribution in [0.25, 0.3) is 11.3 Å². The van der Waals surface area contributed by atoms with Crippen LogP contribution >= 0.6 is 11.6 Å². The van der Waals surface area contributed by atoms with Gasteiger partial charge >= 0.3 is 5.97 Å². The smallest absolute Gasteiger partial charge is 0.341 e. The van der Waals surface area contributed by atoms with E-state index in [4.69, 9.17) is 17.3 Å². The molecule has 7 heteroatoms. The van der Waals surface area contributed by atoms with E-state index in [1.165, 1.54) is 10.7 Å². The number of benzene rings is 2. The Hall–Kier alpha value is -2.96. The number of carboxylic acids is 1. The number of aromatic carboxylic acids is 1. The summed E-state index contributed by atoms with van der Waals surface area (Å²) in [6.45, 7) is 0.479. The average Bonchev–Trinajstić information content (AvgIpc) is 2.80. The Kier molecular flexibility index (Phi) is 5.94. The van der Waals surface area contributed by atoms with Crippen molar-refractivity contribution < 1.29 is 9.90 Å². The van der Waals surface area contributed by atoms with Gasteiger partial charge in [0.25, 0.3) is 5.56 Å². The molecule has 1 aliphatic carbocycles. The molecule has 1 heterocycles. The molecule has 1 aromatic heterocycles. The molecule has 1 saturated carbocycles. The number of hydrogen-bond acceptors (Lipinski definition) is 4. The highest BCUT2D eigenvalue weighted by Crippen LogP contribution is 2.42. The SMILES string of the molecule is NC[C@]1(c2cccc(Cl)c2)CC[C@H](n2nc(-c3ccccc3)cc(C(=O)O)c2=O)CC1. The number of nitrogens with zero attached hydrogens (tertiary/aromatic N) is 2. The van der Waals surface area contributed by atoms with Gasteiger partial charge in [0, 0.05) is 22.5 Å². The normalized spacial score (nSPS) is 21.0. The number of rotatable bonds is 5. The largest absolute Gasteiger partial charge is 0.477 e. The van der Waals surface area contributed by atoms with Crippen molar-refractivity contribution in [3.63, 3.8) is 0 Å². The van der Waals surface area contributed by atoms with Crippen LogP contribution in [0.15, 0.2) is 65.5 Å². The minimum Gasteiger partial charge on any atom is -0.477 e. The molecule has 4 rings (SSSR count). The Morgan fingerprint density at radius 3 is 2.45 bits per heavy atom. The fraction of sp³-hybridized carbons (Fsp3) is 0.292. The van der Waals surface area contributed by atoms with Crippen LogP contribution < -0.4 is 11.3 Å². The molecule has 0 bridgehead atoms. The third-order valence-electron chi connectivity index (χ3n) is 6.32. The summed E-state index contributed by atoms with van der Waals surface area (Å²) < 4.78 is 1.37. The first-order valence-corrected chi connectivity index (χ1v) is 10.7. The summed E-state index contributed by atoms with van der Waals surface area (Å²) in [4.78, 5) is 24.7. The molecule has 3 aromatic rings. The highest BCUT2D eigenvalue weighted by molar-refractivity contribution is 6.30. The first kappa shape index (κ1) is 21.3. The highest BCUT2D eigenvalue weighted by Gasteiger charge is 2.37. The van der Waals surface area contributed by atoms with Gasteiger partial charge in [-0.25, -0.2) is 9.48 Å². The van der Waals surface area contributed by atoms with Crippen molar-refractivity contribution in [3.8, 4) is 11.3 Å². The minimum atomic E-state index is -1.25. The van der Waals surface area contributed by atoms with E-state index in [-0.39, 0.29) is 17.0 Å². The molecule has 1 fully saturated rings. The molecule has 0 saturated heterocycles. The lowest BCUT2D eigenvalue weighted by Gasteiger charge is -2.40. The fourth-order valence-corrected chi connectivity index (χ4v) is 4.68. The quantitative estimate of drug-likeness (QED) is 0.621. The van der Waals surface area contributed by atoms with Gasteiger partial charge in [-0.2, -0.15) is 5.10 Å². The van der Waals surface area contributed by atoms with E-state index in [9.17, 15) is 14.7 Å². The Morgan fingerprint density at radius 1 is 1.13 bits per heavy atom. The molecule has 0 atom stereocenters. The molecular weight excluding hydrogens is 414 g/mol. The number of halogens is 1. The van der Waals surface area contributed by atoms with E-state index in [1.54, 1.807) is 0 Å². The molecule has 31 heavy (non-hydrogen) atoms. The van der Waals surface area contributed by atoms with Crippen LogP contribution in [0.4, 0.5) is 0 Å². The molecule has 1 aliphatic rings. The maximum Gasteiger partial charge on any atom is 0.341 e. The molecule has 0 spiro atoms. The first-order chi connectivity index (χ1) is 14.9. The lowest BCUT2D eigenvalue weighted by molar-refractivity contribution is 0.0693. The molecule has 6 nitrogen and oxygen atoms in total. The van der Waals surface area contributed by atoms with E-state index in [0.29, 0.717) is 30.1 Å². The van der Waals surface area contributed by atoms with E-state index in [1.807, 2.05) is 54.6 Å². The molecule has 0 aliphatic heterocycles. The average molecular weight is 438 g/mol. The third kappa shape index (κ3) is 4.13. The summed E-state index contributed by atoms with van der Waals surface area (Å²) >= 11 is 6.20. The maximum atomic E-state index is 12.9. The van der Waals surface area contributed by atoms with Crippen LogP contribution in [0, 0.1) is 0 Å². The van der Waals surface area contributed by atoms with E-state index in [2.05, 4.69) is 5.10 Å². The summed E-state index contributed by atoms with van der Waals surface area (Å²) in [6, 6.07) is 18.2. The van der Waals surface area contributed by atoms with Gasteiger partial charge in [0.15, 0.2) is 0 Å². The molecule has 0 radical (unpaired) electrons. The zero-order valence-electron chi connectivity index (χ0n) is 17.0. The topological polar surface area (TPSA) is 98.2 Å². The van der Waals surface area contributed by atoms with Gasteiger partial charge in [0.1, 0.15) is 5.56 Å². The van der Waals surface area contributed by atoms with Crippen molar-refractivity contribution in [2.24, 2.45) is 5.73 Å². The van der Waals surface area contributed by atoms with Gasteiger partial charge in [0.05, 0.1) is 11.7 Å². The summed E-state index contributed by atoms with van der Waals surface area (Å²) in [6.07, 6.45) is 2.88. The Balaban J connectivity index is 1.69. The van der Waals surface area contributed by atoms with E-state index < -0.39 is 11.5 Å². The van der Waals surface area contributed by atoms with Crippen LogP contribution in [-0.4, -0.2) is 27.4 Å². The monoisotopic (exact) mass is 437 g/mol. The van der Waals surface area contributed by atoms with Gasteiger partial charge in [-0.15, -0.1) is 0 Å². The number of hydrogen-bond donors (Lipinski definition) is 2. The molecule has 0 unspecified atom stereocenters. The van der Waals surface area contributed by atoms with Crippen molar-refractivity contribution in [1.82, 2.24) is 9.78 Å². The van der Waals surface area contributed by atoms with Crippen molar-refractivity contribution in [1.29, 1.82) is 0 Å². The lowest BCUT2D eigenvalue weighted by atomic mass is 9.68. The van der Waals surface area contributed by atoms with Gasteiger partial charge in [-0.3, -0.25) is 4.79 Å². The maximum absolute atomic E-state index is 12.9. The van der Waals surface area contributed by atoms with Gasteiger partial charge < -0.3 is 10.8 Å². The van der Waals surface area contributed by atoms with Crippen molar-refractivity contribution in [2.45, 2.75) is 37.1 Å². The van der Waals surface area contributed by atoms with Crippen LogP contribution in [0.3, 0.4) is 0 Å². The fourth-order valence-electron chi connectivity index (χ4n) is 4.49. The predicted molar refractivity (Wildman–Crippen MR) is 121 cm³/mol. The van der Waals surface area contributed by atoms with Crippen LogP contribution in [0.5, 0.6) is 0 Å². The van der Waals surface area contributed by atoms with E-state index in [0.717, 1.165) is 24.0 Å². The third-order valence-corrected chi connectivity index (χ3v) is 6.56. The molecule has 0 amide bonds. The summed E-state index contributed by atoms with van der Waals surface area (Å²) in [5, 5.41) is 14.8. The lowest BCUT2D eigenvalue weighted by Crippen LogP contribution is -2.41. The highest BCUT2D eigenvalue weighted by atomic mass is 35.5. The molecular formula is C24H24ClN3O3. The molecule has 2 aromatic carbocycles. The van der Waals surface area contributed by atoms with Gasteiger partial charge in [-0.1, -0.05) is 54.1 Å². The minimum absolute atomic E-state index is 0.187. The number of carbonyl (C=O) groups is 1. The Bertz CT molecular complexity index is 1150. The summed E-state index contributed by atoms with van der Waals surface area (Å²) in [5.41, 5.74) is 7.49. The number of nitrogens with two attached hydrogens (primary N) is 1. The molecule has 3 N–H and O–H groups in total. The second kappa shape index (κ2) is 8.65. The Labute approximate surface area is 185 Å². The summed E-state index contributed by atoms with van der Waals surface area (Å²) in [5.74, 6) is -1.25. The van der Waals surface area contributed by atoms with Crippen molar-refractivity contribution in [3.05, 3.63) is 87.2 Å². The van der Waals surface area contributed by atoms with Gasteiger partial charge in [0.2, 0.25) is 0 Å². The zero-order chi connectivity index (χ0) is 22.0. The number of carboxylic acid groups (broad SMARTS) is 1.